The molecule has 0 aliphatic heterocycles. The smallest absolute Gasteiger partial charge is 0.337 e. The van der Waals surface area contributed by atoms with Gasteiger partial charge in [-0.05, 0) is 25.1 Å². The average molecular weight is 314 g/mol. The SMILES string of the molecule is CCN(CC(=O)NC)C(=O)Nc1ccc(Cl)c(C(=O)O)c1. The summed E-state index contributed by atoms with van der Waals surface area (Å²) < 4.78 is 0. The Morgan fingerprint density at radius 3 is 2.52 bits per heavy atom. The van der Waals surface area contributed by atoms with Crippen LogP contribution in [0.1, 0.15) is 17.3 Å². The van der Waals surface area contributed by atoms with Crippen molar-refractivity contribution in [1.29, 1.82) is 0 Å². The Balaban J connectivity index is 2.84. The molecule has 0 atom stereocenters. The predicted molar refractivity (Wildman–Crippen MR) is 78.7 cm³/mol. The van der Waals surface area contributed by atoms with Crippen molar-refractivity contribution in [2.45, 2.75) is 6.92 Å². The minimum atomic E-state index is -1.19. The molecule has 0 aromatic heterocycles. The molecule has 0 aliphatic rings. The number of aromatic carboxylic acids is 1. The van der Waals surface area contributed by atoms with Crippen molar-refractivity contribution in [1.82, 2.24) is 10.2 Å². The van der Waals surface area contributed by atoms with Crippen LogP contribution in [-0.4, -0.2) is 48.1 Å². The number of nitrogens with one attached hydrogen (secondary N) is 2. The summed E-state index contributed by atoms with van der Waals surface area (Å²) in [6, 6.07) is 3.63. The topological polar surface area (TPSA) is 98.7 Å². The standard InChI is InChI=1S/C13H16ClN3O4/c1-3-17(7-11(18)15-2)13(21)16-8-4-5-10(14)9(6-8)12(19)20/h4-6H,3,7H2,1-2H3,(H,15,18)(H,16,21)(H,19,20). The first-order valence-corrected chi connectivity index (χ1v) is 6.56. The van der Waals surface area contributed by atoms with Gasteiger partial charge in [-0.15, -0.1) is 0 Å². The predicted octanol–water partition coefficient (Wildman–Crippen LogP) is 1.64. The van der Waals surface area contributed by atoms with Crippen LogP contribution in [-0.2, 0) is 4.79 Å². The fourth-order valence-electron chi connectivity index (χ4n) is 1.55. The number of likely N-dealkylation sites (N-methyl/N-ethyl adjacent to an activating group) is 2. The molecule has 0 spiro atoms. The normalized spacial score (nSPS) is 9.86. The van der Waals surface area contributed by atoms with Gasteiger partial charge in [-0.3, -0.25) is 4.79 Å². The summed E-state index contributed by atoms with van der Waals surface area (Å²) in [6.45, 7) is 1.98. The van der Waals surface area contributed by atoms with Crippen LogP contribution in [0.2, 0.25) is 5.02 Å². The molecule has 0 fully saturated rings. The Morgan fingerprint density at radius 1 is 1.33 bits per heavy atom. The summed E-state index contributed by atoms with van der Waals surface area (Å²) in [5.74, 6) is -1.48. The number of benzene rings is 1. The third-order valence-corrected chi connectivity index (χ3v) is 3.06. The summed E-state index contributed by atoms with van der Waals surface area (Å²) in [5.41, 5.74) is 0.181. The van der Waals surface area contributed by atoms with E-state index >= 15 is 0 Å². The zero-order valence-corrected chi connectivity index (χ0v) is 12.4. The molecule has 1 aromatic rings. The van der Waals surface area contributed by atoms with E-state index in [-0.39, 0.29) is 28.7 Å². The molecule has 0 aliphatic carbocycles. The molecule has 0 saturated heterocycles. The number of halogens is 1. The second-order valence-electron chi connectivity index (χ2n) is 4.12. The largest absolute Gasteiger partial charge is 0.478 e. The van der Waals surface area contributed by atoms with E-state index < -0.39 is 12.0 Å². The van der Waals surface area contributed by atoms with Gasteiger partial charge in [0.1, 0.15) is 6.54 Å². The van der Waals surface area contributed by atoms with Gasteiger partial charge in [0.2, 0.25) is 5.91 Å². The summed E-state index contributed by atoms with van der Waals surface area (Å²) in [4.78, 5) is 35.6. The van der Waals surface area contributed by atoms with E-state index in [1.54, 1.807) is 6.92 Å². The Kier molecular flexibility index (Phi) is 5.98. The lowest BCUT2D eigenvalue weighted by atomic mass is 10.2. The van der Waals surface area contributed by atoms with Crippen molar-refractivity contribution in [2.75, 3.05) is 25.5 Å². The van der Waals surface area contributed by atoms with Gasteiger partial charge in [0.25, 0.3) is 0 Å². The summed E-state index contributed by atoms with van der Waals surface area (Å²) in [5, 5.41) is 14.0. The molecule has 114 valence electrons. The number of anilines is 1. The maximum Gasteiger partial charge on any atom is 0.337 e. The van der Waals surface area contributed by atoms with Crippen molar-refractivity contribution in [3.8, 4) is 0 Å². The molecule has 0 saturated carbocycles. The number of rotatable bonds is 5. The van der Waals surface area contributed by atoms with Crippen LogP contribution in [0.4, 0.5) is 10.5 Å². The molecule has 7 nitrogen and oxygen atoms in total. The molecule has 8 heteroatoms. The molecule has 0 bridgehead atoms. The lowest BCUT2D eigenvalue weighted by Crippen LogP contribution is -2.41. The summed E-state index contributed by atoms with van der Waals surface area (Å²) >= 11 is 5.75. The van der Waals surface area contributed by atoms with Crippen LogP contribution in [0, 0.1) is 0 Å². The fourth-order valence-corrected chi connectivity index (χ4v) is 1.75. The number of hydrogen-bond donors (Lipinski definition) is 3. The Labute approximate surface area is 126 Å². The maximum atomic E-state index is 12.0. The minimum Gasteiger partial charge on any atom is -0.478 e. The Bertz CT molecular complexity index is 562. The first-order chi connectivity index (χ1) is 9.88. The van der Waals surface area contributed by atoms with Crippen molar-refractivity contribution < 1.29 is 19.5 Å². The number of hydrogen-bond acceptors (Lipinski definition) is 3. The van der Waals surface area contributed by atoms with Crippen molar-refractivity contribution in [2.24, 2.45) is 0 Å². The van der Waals surface area contributed by atoms with Gasteiger partial charge in [0.15, 0.2) is 0 Å². The number of urea groups is 1. The van der Waals surface area contributed by atoms with Crippen LogP contribution >= 0.6 is 11.6 Å². The number of carboxylic acid groups (broad SMARTS) is 1. The molecule has 0 heterocycles. The third kappa shape index (κ3) is 4.64. The highest BCUT2D eigenvalue weighted by Gasteiger charge is 2.16. The molecular formula is C13H16ClN3O4. The second-order valence-corrected chi connectivity index (χ2v) is 4.52. The maximum absolute atomic E-state index is 12.0. The summed E-state index contributed by atoms with van der Waals surface area (Å²) in [6.07, 6.45) is 0. The van der Waals surface area contributed by atoms with E-state index in [0.717, 1.165) is 0 Å². The average Bonchev–Trinajstić information content (AvgIpc) is 2.45. The molecule has 21 heavy (non-hydrogen) atoms. The molecule has 1 rings (SSSR count). The molecule has 3 N–H and O–H groups in total. The Hall–Kier alpha value is -2.28. The van der Waals surface area contributed by atoms with Gasteiger partial charge < -0.3 is 20.6 Å². The molecule has 0 unspecified atom stereocenters. The lowest BCUT2D eigenvalue weighted by molar-refractivity contribution is -0.121. The van der Waals surface area contributed by atoms with Crippen LogP contribution in [0.5, 0.6) is 0 Å². The van der Waals surface area contributed by atoms with Gasteiger partial charge in [0.05, 0.1) is 10.6 Å². The number of carbonyl (C=O) groups is 3. The van der Waals surface area contributed by atoms with Crippen LogP contribution in [0.25, 0.3) is 0 Å². The monoisotopic (exact) mass is 313 g/mol. The van der Waals surface area contributed by atoms with Gasteiger partial charge >= 0.3 is 12.0 Å². The van der Waals surface area contributed by atoms with Gasteiger partial charge in [-0.1, -0.05) is 11.6 Å². The van der Waals surface area contributed by atoms with E-state index in [1.165, 1.54) is 30.1 Å². The first-order valence-electron chi connectivity index (χ1n) is 6.18. The van der Waals surface area contributed by atoms with E-state index in [0.29, 0.717) is 6.54 Å². The van der Waals surface area contributed by atoms with Crippen molar-refractivity contribution >= 4 is 35.2 Å². The van der Waals surface area contributed by atoms with Gasteiger partial charge in [-0.25, -0.2) is 9.59 Å². The quantitative estimate of drug-likeness (QED) is 0.769. The van der Waals surface area contributed by atoms with Crippen LogP contribution in [0.3, 0.4) is 0 Å². The van der Waals surface area contributed by atoms with Crippen molar-refractivity contribution in [3.05, 3.63) is 28.8 Å². The number of carbonyl (C=O) groups excluding carboxylic acids is 2. The number of nitrogens with zero attached hydrogens (tertiary/aromatic N) is 1. The third-order valence-electron chi connectivity index (χ3n) is 2.73. The zero-order valence-electron chi connectivity index (χ0n) is 11.6. The first kappa shape index (κ1) is 16.8. The van der Waals surface area contributed by atoms with E-state index in [4.69, 9.17) is 16.7 Å². The highest BCUT2D eigenvalue weighted by molar-refractivity contribution is 6.33. The van der Waals surface area contributed by atoms with E-state index in [9.17, 15) is 14.4 Å². The van der Waals surface area contributed by atoms with Gasteiger partial charge in [-0.2, -0.15) is 0 Å². The molecule has 0 radical (unpaired) electrons. The molecule has 3 amide bonds. The van der Waals surface area contributed by atoms with E-state index in [1.807, 2.05) is 0 Å². The van der Waals surface area contributed by atoms with E-state index in [2.05, 4.69) is 10.6 Å². The van der Waals surface area contributed by atoms with Crippen LogP contribution in [0.15, 0.2) is 18.2 Å². The minimum absolute atomic E-state index is 0.0817. The highest BCUT2D eigenvalue weighted by Crippen LogP contribution is 2.20. The fraction of sp³-hybridized carbons (Fsp3) is 0.308. The summed E-state index contributed by atoms with van der Waals surface area (Å²) in [7, 11) is 1.48. The molecular weight excluding hydrogens is 298 g/mol. The highest BCUT2D eigenvalue weighted by atomic mass is 35.5. The zero-order chi connectivity index (χ0) is 16.0. The second kappa shape index (κ2) is 7.49. The lowest BCUT2D eigenvalue weighted by Gasteiger charge is -2.20. The van der Waals surface area contributed by atoms with Gasteiger partial charge in [0, 0.05) is 19.3 Å². The van der Waals surface area contributed by atoms with Crippen molar-refractivity contribution in [3.63, 3.8) is 0 Å². The number of amides is 3. The number of carboxylic acids is 1. The molecule has 1 aromatic carbocycles. The van der Waals surface area contributed by atoms with Crippen LogP contribution < -0.4 is 10.6 Å². The Morgan fingerprint density at radius 2 is 2.00 bits per heavy atom.